The summed E-state index contributed by atoms with van der Waals surface area (Å²) in [7, 11) is -2.54. The maximum Gasteiger partial charge on any atom is 0.264 e. The molecule has 0 unspecified atom stereocenters. The quantitative estimate of drug-likeness (QED) is 0.622. The summed E-state index contributed by atoms with van der Waals surface area (Å²) in [6, 6.07) is 21.2. The van der Waals surface area contributed by atoms with Crippen LogP contribution in [0.1, 0.15) is 0 Å². The minimum atomic E-state index is -4.05. The van der Waals surface area contributed by atoms with Crippen molar-refractivity contribution in [2.45, 2.75) is 4.90 Å². The monoisotopic (exact) mass is 451 g/mol. The number of sulfonamides is 1. The Labute approximate surface area is 186 Å². The number of carbonyl (C=O) groups excluding carboxylic acids is 2. The predicted molar refractivity (Wildman–Crippen MR) is 121 cm³/mol. The molecule has 2 amide bonds. The lowest BCUT2D eigenvalue weighted by molar-refractivity contribution is -0.121. The molecule has 0 spiro atoms. The summed E-state index contributed by atoms with van der Waals surface area (Å²) in [5.41, 5.74) is 1.32. The van der Waals surface area contributed by atoms with Crippen LogP contribution in [0.15, 0.2) is 83.8 Å². The average molecular weight is 452 g/mol. The summed E-state index contributed by atoms with van der Waals surface area (Å²) in [5.74, 6) is -0.319. The Balaban J connectivity index is 1.72. The molecule has 32 heavy (non-hydrogen) atoms. The van der Waals surface area contributed by atoms with Crippen LogP contribution in [-0.2, 0) is 19.6 Å². The maximum atomic E-state index is 13.5. The number of nitrogens with one attached hydrogen (secondary N) is 1. The highest BCUT2D eigenvalue weighted by atomic mass is 32.2. The number of hydrogen-bond acceptors (Lipinski definition) is 5. The van der Waals surface area contributed by atoms with E-state index < -0.39 is 22.5 Å². The number of amides is 2. The van der Waals surface area contributed by atoms with Gasteiger partial charge in [0.2, 0.25) is 11.8 Å². The molecule has 164 valence electrons. The molecule has 0 saturated heterocycles. The highest BCUT2D eigenvalue weighted by molar-refractivity contribution is 7.92. The first-order valence-electron chi connectivity index (χ1n) is 9.81. The van der Waals surface area contributed by atoms with E-state index in [0.29, 0.717) is 22.8 Å². The lowest BCUT2D eigenvalue weighted by Crippen LogP contribution is -2.48. The van der Waals surface area contributed by atoms with E-state index in [0.717, 1.165) is 4.31 Å². The third-order valence-electron chi connectivity index (χ3n) is 5.04. The summed E-state index contributed by atoms with van der Waals surface area (Å²) < 4.78 is 33.1. The highest BCUT2D eigenvalue weighted by Gasteiger charge is 2.32. The second kappa shape index (κ2) is 8.72. The largest absolute Gasteiger partial charge is 0.497 e. The number of fused-ring (bicyclic) bond motifs is 1. The van der Waals surface area contributed by atoms with Gasteiger partial charge in [0.1, 0.15) is 18.8 Å². The van der Waals surface area contributed by atoms with E-state index in [-0.39, 0.29) is 17.3 Å². The summed E-state index contributed by atoms with van der Waals surface area (Å²) >= 11 is 0. The molecular weight excluding hydrogens is 430 g/mol. The Hall–Kier alpha value is -3.85. The zero-order valence-electron chi connectivity index (χ0n) is 17.3. The fraction of sp³-hybridized carbons (Fsp3) is 0.130. The molecule has 0 aromatic heterocycles. The Bertz CT molecular complexity index is 1240. The van der Waals surface area contributed by atoms with Gasteiger partial charge in [0, 0.05) is 0 Å². The van der Waals surface area contributed by atoms with Gasteiger partial charge in [-0.05, 0) is 48.5 Å². The van der Waals surface area contributed by atoms with Gasteiger partial charge in [0.15, 0.2) is 0 Å². The van der Waals surface area contributed by atoms with Crippen molar-refractivity contribution < 1.29 is 22.7 Å². The average Bonchev–Trinajstić information content (AvgIpc) is 2.82. The lowest BCUT2D eigenvalue weighted by Gasteiger charge is -2.31. The molecule has 0 radical (unpaired) electrons. The number of ether oxygens (including phenoxy) is 1. The fourth-order valence-corrected chi connectivity index (χ4v) is 4.88. The van der Waals surface area contributed by atoms with Gasteiger partial charge in [-0.15, -0.1) is 0 Å². The van der Waals surface area contributed by atoms with Crippen LogP contribution < -0.4 is 19.3 Å². The van der Waals surface area contributed by atoms with Crippen molar-refractivity contribution in [1.82, 2.24) is 0 Å². The van der Waals surface area contributed by atoms with Crippen molar-refractivity contribution >= 4 is 38.9 Å². The second-order valence-corrected chi connectivity index (χ2v) is 8.93. The van der Waals surface area contributed by atoms with Crippen molar-refractivity contribution in [1.29, 1.82) is 0 Å². The van der Waals surface area contributed by atoms with Gasteiger partial charge < -0.3 is 10.1 Å². The number of rotatable bonds is 6. The van der Waals surface area contributed by atoms with E-state index in [1.54, 1.807) is 66.7 Å². The van der Waals surface area contributed by atoms with Crippen LogP contribution in [0.5, 0.6) is 5.75 Å². The zero-order valence-corrected chi connectivity index (χ0v) is 18.1. The fourth-order valence-electron chi connectivity index (χ4n) is 3.45. The molecule has 8 nitrogen and oxygen atoms in total. The number of carbonyl (C=O) groups is 2. The Morgan fingerprint density at radius 3 is 2.34 bits per heavy atom. The Kier molecular flexibility index (Phi) is 5.83. The summed E-state index contributed by atoms with van der Waals surface area (Å²) in [6.45, 7) is -0.678. The molecule has 1 N–H and O–H groups in total. The van der Waals surface area contributed by atoms with E-state index in [4.69, 9.17) is 4.74 Å². The van der Waals surface area contributed by atoms with Gasteiger partial charge in [-0.2, -0.15) is 0 Å². The van der Waals surface area contributed by atoms with Crippen molar-refractivity contribution in [3.63, 3.8) is 0 Å². The van der Waals surface area contributed by atoms with Crippen LogP contribution in [0.3, 0.4) is 0 Å². The number of methoxy groups -OCH3 is 1. The first-order valence-corrected chi connectivity index (χ1v) is 11.3. The van der Waals surface area contributed by atoms with Crippen LogP contribution >= 0.6 is 0 Å². The second-order valence-electron chi connectivity index (χ2n) is 7.07. The van der Waals surface area contributed by atoms with E-state index in [1.165, 1.54) is 24.1 Å². The summed E-state index contributed by atoms with van der Waals surface area (Å²) in [5, 5.41) is 2.72. The molecular formula is C23H21N3O5S. The molecule has 0 saturated carbocycles. The van der Waals surface area contributed by atoms with Gasteiger partial charge in [-0.3, -0.25) is 18.8 Å². The minimum Gasteiger partial charge on any atom is -0.497 e. The van der Waals surface area contributed by atoms with Crippen molar-refractivity contribution in [3.8, 4) is 5.75 Å². The van der Waals surface area contributed by atoms with E-state index in [1.807, 2.05) is 0 Å². The summed E-state index contributed by atoms with van der Waals surface area (Å²) in [6.07, 6.45) is 0. The minimum absolute atomic E-state index is 0.0559. The van der Waals surface area contributed by atoms with Crippen molar-refractivity contribution in [2.24, 2.45) is 0 Å². The first kappa shape index (κ1) is 21.4. The number of para-hydroxylation sites is 2. The van der Waals surface area contributed by atoms with E-state index >= 15 is 0 Å². The third kappa shape index (κ3) is 4.15. The third-order valence-corrected chi connectivity index (χ3v) is 6.83. The van der Waals surface area contributed by atoms with Gasteiger partial charge in [-0.1, -0.05) is 30.3 Å². The predicted octanol–water partition coefficient (Wildman–Crippen LogP) is 2.88. The molecule has 9 heteroatoms. The molecule has 1 heterocycles. The van der Waals surface area contributed by atoms with E-state index in [9.17, 15) is 18.0 Å². The van der Waals surface area contributed by atoms with Gasteiger partial charge in [0.25, 0.3) is 10.0 Å². The highest BCUT2D eigenvalue weighted by Crippen LogP contribution is 2.30. The lowest BCUT2D eigenvalue weighted by atomic mass is 10.2. The van der Waals surface area contributed by atoms with Gasteiger partial charge in [0.05, 0.1) is 29.1 Å². The van der Waals surface area contributed by atoms with Gasteiger partial charge >= 0.3 is 0 Å². The number of anilines is 3. The van der Waals surface area contributed by atoms with Crippen LogP contribution in [0, 0.1) is 0 Å². The summed E-state index contributed by atoms with van der Waals surface area (Å²) in [4.78, 5) is 26.8. The molecule has 0 bridgehead atoms. The molecule has 0 fully saturated rings. The number of nitrogens with zero attached hydrogens (tertiary/aromatic N) is 2. The Morgan fingerprint density at radius 2 is 1.66 bits per heavy atom. The van der Waals surface area contributed by atoms with Crippen LogP contribution in [0.4, 0.5) is 17.1 Å². The topological polar surface area (TPSA) is 96.0 Å². The van der Waals surface area contributed by atoms with Crippen LogP contribution in [-0.4, -0.2) is 40.4 Å². The number of benzene rings is 3. The van der Waals surface area contributed by atoms with Crippen LogP contribution in [0.2, 0.25) is 0 Å². The zero-order chi connectivity index (χ0) is 22.7. The van der Waals surface area contributed by atoms with Crippen LogP contribution in [0.25, 0.3) is 0 Å². The standard InChI is InChI=1S/C23H21N3O5S/c1-31-18-13-11-17(12-14-18)26(32(29,30)19-7-3-2-4-8-19)16-23(28)25-15-22(27)24-20-9-5-6-10-21(20)25/h2-14H,15-16H2,1H3,(H,24,27). The number of hydrogen-bond donors (Lipinski definition) is 1. The maximum absolute atomic E-state index is 13.5. The SMILES string of the molecule is COc1ccc(N(CC(=O)N2CC(=O)Nc3ccccc32)S(=O)(=O)c2ccccc2)cc1. The normalized spacial score (nSPS) is 13.2. The molecule has 0 atom stereocenters. The smallest absolute Gasteiger partial charge is 0.264 e. The van der Waals surface area contributed by atoms with Crippen molar-refractivity contribution in [2.75, 3.05) is 34.7 Å². The molecule has 1 aliphatic rings. The molecule has 0 aliphatic carbocycles. The van der Waals surface area contributed by atoms with Crippen molar-refractivity contribution in [3.05, 3.63) is 78.9 Å². The molecule has 3 aromatic rings. The molecule has 1 aliphatic heterocycles. The molecule has 3 aromatic carbocycles. The Morgan fingerprint density at radius 1 is 1.00 bits per heavy atom. The first-order chi connectivity index (χ1) is 15.4. The van der Waals surface area contributed by atoms with E-state index in [2.05, 4.69) is 5.32 Å². The molecule has 4 rings (SSSR count). The van der Waals surface area contributed by atoms with Gasteiger partial charge in [-0.25, -0.2) is 8.42 Å².